The molecule has 0 atom stereocenters. The molecule has 2 heterocycles. The summed E-state index contributed by atoms with van der Waals surface area (Å²) in [5, 5.41) is 16.2. The molecule has 15 heavy (non-hydrogen) atoms. The van der Waals surface area contributed by atoms with E-state index in [2.05, 4.69) is 15.2 Å². The van der Waals surface area contributed by atoms with E-state index in [4.69, 9.17) is 9.84 Å². The quantitative estimate of drug-likeness (QED) is 0.720. The minimum absolute atomic E-state index is 0.205. The van der Waals surface area contributed by atoms with Gasteiger partial charge in [0.2, 0.25) is 5.88 Å². The second kappa shape index (κ2) is 4.75. The zero-order valence-electron chi connectivity index (χ0n) is 8.31. The smallest absolute Gasteiger partial charge is 0.215 e. The molecule has 0 aromatic carbocycles. The molecule has 0 aliphatic carbocycles. The number of hydrogen-bond donors (Lipinski definition) is 2. The molecule has 0 amide bonds. The Kier molecular flexibility index (Phi) is 3.14. The van der Waals surface area contributed by atoms with E-state index >= 15 is 0 Å². The fourth-order valence-electron chi connectivity index (χ4n) is 1.28. The van der Waals surface area contributed by atoms with Crippen LogP contribution in [0, 0.1) is 0 Å². The van der Waals surface area contributed by atoms with Gasteiger partial charge in [0.05, 0.1) is 12.8 Å². The molecule has 0 saturated heterocycles. The topological polar surface area (TPSA) is 71.0 Å². The zero-order valence-corrected chi connectivity index (χ0v) is 8.31. The van der Waals surface area contributed by atoms with Gasteiger partial charge in [-0.05, 0) is 18.9 Å². The van der Waals surface area contributed by atoms with Crippen molar-refractivity contribution in [2.75, 3.05) is 13.2 Å². The summed E-state index contributed by atoms with van der Waals surface area (Å²) in [5.74, 6) is 0.588. The van der Waals surface area contributed by atoms with Crippen molar-refractivity contribution in [3.63, 3.8) is 0 Å². The standard InChI is InChI=1S/C10H13N3O2/c14-5-1-2-6-15-9-4-3-8-7-11-13-10(8)12-9/h3-4,7,14H,1-2,5-6H2,(H,11,12,13). The van der Waals surface area contributed by atoms with Crippen LogP contribution in [0.1, 0.15) is 12.8 Å². The molecule has 80 valence electrons. The molecule has 2 rings (SSSR count). The maximum Gasteiger partial charge on any atom is 0.215 e. The number of aromatic amines is 1. The summed E-state index contributed by atoms with van der Waals surface area (Å²) in [4.78, 5) is 4.23. The third kappa shape index (κ3) is 2.44. The molecule has 2 N–H and O–H groups in total. The first-order valence-electron chi connectivity index (χ1n) is 4.94. The van der Waals surface area contributed by atoms with Crippen molar-refractivity contribution >= 4 is 11.0 Å². The number of aliphatic hydroxyl groups excluding tert-OH is 1. The average molecular weight is 207 g/mol. The van der Waals surface area contributed by atoms with Crippen molar-refractivity contribution in [3.8, 4) is 5.88 Å². The van der Waals surface area contributed by atoms with Gasteiger partial charge < -0.3 is 9.84 Å². The highest BCUT2D eigenvalue weighted by Crippen LogP contribution is 2.13. The molecular formula is C10H13N3O2. The number of fused-ring (bicyclic) bond motifs is 1. The monoisotopic (exact) mass is 207 g/mol. The zero-order chi connectivity index (χ0) is 10.5. The molecule has 0 aliphatic heterocycles. The van der Waals surface area contributed by atoms with E-state index in [0.29, 0.717) is 12.5 Å². The molecule has 0 fully saturated rings. The first kappa shape index (κ1) is 9.92. The van der Waals surface area contributed by atoms with E-state index in [9.17, 15) is 0 Å². The van der Waals surface area contributed by atoms with Gasteiger partial charge in [0.15, 0.2) is 5.65 Å². The molecule has 5 heteroatoms. The lowest BCUT2D eigenvalue weighted by Crippen LogP contribution is -2.00. The number of rotatable bonds is 5. The van der Waals surface area contributed by atoms with Gasteiger partial charge in [-0.1, -0.05) is 0 Å². The molecule has 0 radical (unpaired) electrons. The van der Waals surface area contributed by atoms with Crippen LogP contribution in [0.15, 0.2) is 18.3 Å². The Hall–Kier alpha value is -1.62. The molecule has 0 unspecified atom stereocenters. The third-order valence-electron chi connectivity index (χ3n) is 2.08. The summed E-state index contributed by atoms with van der Waals surface area (Å²) in [6.45, 7) is 0.781. The highest BCUT2D eigenvalue weighted by molar-refractivity contribution is 5.73. The highest BCUT2D eigenvalue weighted by atomic mass is 16.5. The predicted molar refractivity (Wildman–Crippen MR) is 55.7 cm³/mol. The first-order valence-corrected chi connectivity index (χ1v) is 4.94. The van der Waals surface area contributed by atoms with Gasteiger partial charge in [-0.2, -0.15) is 10.1 Å². The van der Waals surface area contributed by atoms with Gasteiger partial charge in [-0.25, -0.2) is 0 Å². The van der Waals surface area contributed by atoms with Crippen LogP contribution in [-0.4, -0.2) is 33.5 Å². The van der Waals surface area contributed by atoms with Gasteiger partial charge in [-0.3, -0.25) is 5.10 Å². The molecule has 0 bridgehead atoms. The van der Waals surface area contributed by atoms with Crippen LogP contribution in [-0.2, 0) is 0 Å². The number of pyridine rings is 1. The number of aliphatic hydroxyl groups is 1. The molecule has 0 aliphatic rings. The Morgan fingerprint density at radius 1 is 1.33 bits per heavy atom. The summed E-state index contributed by atoms with van der Waals surface area (Å²) < 4.78 is 5.42. The lowest BCUT2D eigenvalue weighted by Gasteiger charge is -2.03. The normalized spacial score (nSPS) is 10.7. The van der Waals surface area contributed by atoms with Crippen LogP contribution < -0.4 is 4.74 Å². The van der Waals surface area contributed by atoms with Crippen LogP contribution in [0.4, 0.5) is 0 Å². The Labute approximate surface area is 87.1 Å². The van der Waals surface area contributed by atoms with E-state index in [1.165, 1.54) is 0 Å². The molecule has 0 spiro atoms. The van der Waals surface area contributed by atoms with Crippen LogP contribution in [0.25, 0.3) is 11.0 Å². The van der Waals surface area contributed by atoms with Gasteiger partial charge >= 0.3 is 0 Å². The first-order chi connectivity index (χ1) is 7.40. The van der Waals surface area contributed by atoms with E-state index < -0.39 is 0 Å². The Morgan fingerprint density at radius 2 is 2.27 bits per heavy atom. The van der Waals surface area contributed by atoms with E-state index in [-0.39, 0.29) is 6.61 Å². The summed E-state index contributed by atoms with van der Waals surface area (Å²) in [6.07, 6.45) is 3.31. The largest absolute Gasteiger partial charge is 0.478 e. The molecule has 0 saturated carbocycles. The molecule has 2 aromatic heterocycles. The maximum atomic E-state index is 8.59. The van der Waals surface area contributed by atoms with Gasteiger partial charge in [0.25, 0.3) is 0 Å². The number of hydrogen-bond acceptors (Lipinski definition) is 4. The average Bonchev–Trinajstić information content (AvgIpc) is 2.71. The Morgan fingerprint density at radius 3 is 3.13 bits per heavy atom. The fraction of sp³-hybridized carbons (Fsp3) is 0.400. The van der Waals surface area contributed by atoms with Crippen LogP contribution in [0.3, 0.4) is 0 Å². The van der Waals surface area contributed by atoms with Crippen molar-refractivity contribution in [3.05, 3.63) is 18.3 Å². The number of unbranched alkanes of at least 4 members (excludes halogenated alkanes) is 1. The molecule has 5 nitrogen and oxygen atoms in total. The van der Waals surface area contributed by atoms with E-state index in [1.807, 2.05) is 12.1 Å². The highest BCUT2D eigenvalue weighted by Gasteiger charge is 1.99. The number of nitrogens with one attached hydrogen (secondary N) is 1. The number of H-pyrrole nitrogens is 1. The van der Waals surface area contributed by atoms with Crippen molar-refractivity contribution in [2.45, 2.75) is 12.8 Å². The van der Waals surface area contributed by atoms with Crippen LogP contribution in [0.2, 0.25) is 0 Å². The van der Waals surface area contributed by atoms with Crippen molar-refractivity contribution in [1.82, 2.24) is 15.2 Å². The molecular weight excluding hydrogens is 194 g/mol. The van der Waals surface area contributed by atoms with Crippen molar-refractivity contribution in [2.24, 2.45) is 0 Å². The Bertz CT molecular complexity index is 427. The SMILES string of the molecule is OCCCCOc1ccc2cn[nH]c2n1. The summed E-state index contributed by atoms with van der Waals surface area (Å²) in [7, 11) is 0. The van der Waals surface area contributed by atoms with E-state index in [1.54, 1.807) is 6.20 Å². The van der Waals surface area contributed by atoms with Gasteiger partial charge in [0, 0.05) is 18.1 Å². The summed E-state index contributed by atoms with van der Waals surface area (Å²) in [6, 6.07) is 3.73. The fourth-order valence-corrected chi connectivity index (χ4v) is 1.28. The van der Waals surface area contributed by atoms with Gasteiger partial charge in [-0.15, -0.1) is 0 Å². The Balaban J connectivity index is 1.96. The van der Waals surface area contributed by atoms with Crippen LogP contribution >= 0.6 is 0 Å². The lowest BCUT2D eigenvalue weighted by atomic mass is 10.3. The third-order valence-corrected chi connectivity index (χ3v) is 2.08. The number of aromatic nitrogens is 3. The van der Waals surface area contributed by atoms with Crippen LogP contribution in [0.5, 0.6) is 5.88 Å². The summed E-state index contributed by atoms with van der Waals surface area (Å²) >= 11 is 0. The number of nitrogens with zero attached hydrogens (tertiary/aromatic N) is 2. The summed E-state index contributed by atoms with van der Waals surface area (Å²) in [5.41, 5.74) is 0.731. The lowest BCUT2D eigenvalue weighted by molar-refractivity contribution is 0.249. The predicted octanol–water partition coefficient (Wildman–Crippen LogP) is 1.11. The van der Waals surface area contributed by atoms with Gasteiger partial charge in [0.1, 0.15) is 0 Å². The minimum Gasteiger partial charge on any atom is -0.478 e. The second-order valence-corrected chi connectivity index (χ2v) is 3.24. The van der Waals surface area contributed by atoms with Crippen molar-refractivity contribution < 1.29 is 9.84 Å². The molecule has 2 aromatic rings. The number of ether oxygens (including phenoxy) is 1. The maximum absolute atomic E-state index is 8.59. The van der Waals surface area contributed by atoms with Crippen molar-refractivity contribution in [1.29, 1.82) is 0 Å². The second-order valence-electron chi connectivity index (χ2n) is 3.24. The van der Waals surface area contributed by atoms with E-state index in [0.717, 1.165) is 23.9 Å². The minimum atomic E-state index is 0.205.